The molecule has 1 heterocycles. The van der Waals surface area contributed by atoms with Crippen LogP contribution >= 0.6 is 0 Å². The second-order valence-corrected chi connectivity index (χ2v) is 4.83. The molecule has 1 aliphatic rings. The van der Waals surface area contributed by atoms with Gasteiger partial charge in [-0.15, -0.1) is 0 Å². The maximum atomic E-state index is 5.84. The lowest BCUT2D eigenvalue weighted by Crippen LogP contribution is -2.50. The fourth-order valence-electron chi connectivity index (χ4n) is 2.59. The minimum atomic E-state index is 0.105. The first-order valence-electron chi connectivity index (χ1n) is 6.36. The highest BCUT2D eigenvalue weighted by atomic mass is 16.5. The molecule has 0 aromatic heterocycles. The van der Waals surface area contributed by atoms with Gasteiger partial charge in [-0.2, -0.15) is 0 Å². The summed E-state index contributed by atoms with van der Waals surface area (Å²) in [6, 6.07) is 11.3. The van der Waals surface area contributed by atoms with Crippen LogP contribution in [0.25, 0.3) is 0 Å². The first-order valence-corrected chi connectivity index (χ1v) is 6.36. The van der Waals surface area contributed by atoms with E-state index in [-0.39, 0.29) is 12.1 Å². The first-order chi connectivity index (χ1) is 8.24. The summed E-state index contributed by atoms with van der Waals surface area (Å²) in [6.07, 6.45) is 0.105. The van der Waals surface area contributed by atoms with Gasteiger partial charge in [0.15, 0.2) is 0 Å². The molecule has 3 heteroatoms. The van der Waals surface area contributed by atoms with Gasteiger partial charge in [0.05, 0.1) is 18.8 Å². The van der Waals surface area contributed by atoms with E-state index in [9.17, 15) is 0 Å². The molecular formula is C14H22N2O. The quantitative estimate of drug-likeness (QED) is 0.866. The number of nitrogens with two attached hydrogens (primary N) is 1. The van der Waals surface area contributed by atoms with Crippen LogP contribution in [-0.4, -0.2) is 36.7 Å². The number of hydrogen-bond acceptors (Lipinski definition) is 3. The van der Waals surface area contributed by atoms with Gasteiger partial charge >= 0.3 is 0 Å². The Hall–Kier alpha value is -0.900. The first kappa shape index (κ1) is 12.6. The van der Waals surface area contributed by atoms with Gasteiger partial charge in [-0.1, -0.05) is 30.3 Å². The summed E-state index contributed by atoms with van der Waals surface area (Å²) in [7, 11) is 0. The molecule has 17 heavy (non-hydrogen) atoms. The van der Waals surface area contributed by atoms with E-state index in [1.165, 1.54) is 5.56 Å². The van der Waals surface area contributed by atoms with E-state index in [0.29, 0.717) is 12.6 Å². The van der Waals surface area contributed by atoms with Crippen molar-refractivity contribution < 1.29 is 4.74 Å². The second kappa shape index (κ2) is 5.63. The van der Waals surface area contributed by atoms with Gasteiger partial charge in [-0.05, 0) is 19.4 Å². The number of rotatable bonds is 3. The summed E-state index contributed by atoms with van der Waals surface area (Å²) in [4.78, 5) is 2.48. The Bertz CT molecular complexity index is 339. The highest BCUT2D eigenvalue weighted by Crippen LogP contribution is 2.30. The van der Waals surface area contributed by atoms with Crippen LogP contribution < -0.4 is 5.73 Å². The molecule has 0 saturated carbocycles. The topological polar surface area (TPSA) is 38.5 Å². The fourth-order valence-corrected chi connectivity index (χ4v) is 2.59. The van der Waals surface area contributed by atoms with Crippen molar-refractivity contribution in [3.8, 4) is 0 Å². The molecule has 2 unspecified atom stereocenters. The molecule has 1 fully saturated rings. The van der Waals surface area contributed by atoms with Crippen LogP contribution in [-0.2, 0) is 4.74 Å². The zero-order valence-corrected chi connectivity index (χ0v) is 10.7. The number of benzene rings is 1. The summed E-state index contributed by atoms with van der Waals surface area (Å²) in [6.45, 7) is 6.80. The lowest BCUT2D eigenvalue weighted by atomic mass is 9.97. The molecular weight excluding hydrogens is 212 g/mol. The summed E-state index contributed by atoms with van der Waals surface area (Å²) >= 11 is 0. The molecule has 0 spiro atoms. The average molecular weight is 234 g/mol. The number of ether oxygens (including phenoxy) is 1. The van der Waals surface area contributed by atoms with Crippen LogP contribution in [0.3, 0.4) is 0 Å². The third-order valence-electron chi connectivity index (χ3n) is 3.43. The van der Waals surface area contributed by atoms with Crippen molar-refractivity contribution in [1.29, 1.82) is 0 Å². The van der Waals surface area contributed by atoms with E-state index in [4.69, 9.17) is 10.5 Å². The van der Waals surface area contributed by atoms with Crippen LogP contribution in [0.2, 0.25) is 0 Å². The number of hydrogen-bond donors (Lipinski definition) is 1. The molecule has 2 atom stereocenters. The standard InChI is InChI=1S/C14H22N2O/c1-11(2)16-8-9-17-13(10-15)14(16)12-6-4-3-5-7-12/h3-7,11,13-14H,8-10,15H2,1-2H3. The zero-order valence-electron chi connectivity index (χ0n) is 10.7. The molecule has 3 nitrogen and oxygen atoms in total. The zero-order chi connectivity index (χ0) is 12.3. The Labute approximate surface area is 104 Å². The molecule has 0 bridgehead atoms. The molecule has 0 aliphatic carbocycles. The minimum absolute atomic E-state index is 0.105. The molecule has 2 N–H and O–H groups in total. The Kier molecular flexibility index (Phi) is 4.15. The third kappa shape index (κ3) is 2.68. The molecule has 94 valence electrons. The SMILES string of the molecule is CC(C)N1CCOC(CN)C1c1ccccc1. The average Bonchev–Trinajstić information content (AvgIpc) is 2.38. The van der Waals surface area contributed by atoms with Crippen molar-refractivity contribution in [2.24, 2.45) is 5.73 Å². The molecule has 2 rings (SSSR count). The Morgan fingerprint density at radius 3 is 2.65 bits per heavy atom. The number of nitrogens with zero attached hydrogens (tertiary/aromatic N) is 1. The van der Waals surface area contributed by atoms with Crippen LogP contribution in [0.15, 0.2) is 30.3 Å². The lowest BCUT2D eigenvalue weighted by Gasteiger charge is -2.43. The van der Waals surface area contributed by atoms with Gasteiger partial charge < -0.3 is 10.5 Å². The van der Waals surface area contributed by atoms with Crippen molar-refractivity contribution in [2.75, 3.05) is 19.7 Å². The van der Waals surface area contributed by atoms with Crippen LogP contribution in [0.4, 0.5) is 0 Å². The van der Waals surface area contributed by atoms with Crippen molar-refractivity contribution in [3.05, 3.63) is 35.9 Å². The molecule has 0 amide bonds. The van der Waals surface area contributed by atoms with E-state index in [1.807, 2.05) is 6.07 Å². The smallest absolute Gasteiger partial charge is 0.0894 e. The van der Waals surface area contributed by atoms with E-state index < -0.39 is 0 Å². The van der Waals surface area contributed by atoms with E-state index in [1.54, 1.807) is 0 Å². The van der Waals surface area contributed by atoms with Crippen LogP contribution in [0.5, 0.6) is 0 Å². The van der Waals surface area contributed by atoms with Crippen molar-refractivity contribution in [2.45, 2.75) is 32.0 Å². The molecule has 0 radical (unpaired) electrons. The van der Waals surface area contributed by atoms with Crippen LogP contribution in [0.1, 0.15) is 25.5 Å². The van der Waals surface area contributed by atoms with Crippen molar-refractivity contribution in [1.82, 2.24) is 4.90 Å². The normalized spacial score (nSPS) is 26.4. The summed E-state index contributed by atoms with van der Waals surface area (Å²) in [5, 5.41) is 0. The molecule has 1 aromatic carbocycles. The predicted molar refractivity (Wildman–Crippen MR) is 69.8 cm³/mol. The van der Waals surface area contributed by atoms with Crippen molar-refractivity contribution in [3.63, 3.8) is 0 Å². The Morgan fingerprint density at radius 2 is 2.06 bits per heavy atom. The maximum Gasteiger partial charge on any atom is 0.0894 e. The predicted octanol–water partition coefficient (Wildman–Crippen LogP) is 1.80. The van der Waals surface area contributed by atoms with Crippen LogP contribution in [0, 0.1) is 0 Å². The largest absolute Gasteiger partial charge is 0.374 e. The van der Waals surface area contributed by atoms with Gasteiger partial charge in [0, 0.05) is 19.1 Å². The summed E-state index contributed by atoms with van der Waals surface area (Å²) in [5.41, 5.74) is 7.14. The van der Waals surface area contributed by atoms with Crippen molar-refractivity contribution >= 4 is 0 Å². The van der Waals surface area contributed by atoms with Gasteiger partial charge in [0.2, 0.25) is 0 Å². The maximum absolute atomic E-state index is 5.84. The van der Waals surface area contributed by atoms with Gasteiger partial charge in [-0.25, -0.2) is 0 Å². The van der Waals surface area contributed by atoms with Gasteiger partial charge in [-0.3, -0.25) is 4.90 Å². The highest BCUT2D eigenvalue weighted by Gasteiger charge is 2.33. The van der Waals surface area contributed by atoms with E-state index in [0.717, 1.165) is 13.2 Å². The second-order valence-electron chi connectivity index (χ2n) is 4.83. The van der Waals surface area contributed by atoms with E-state index >= 15 is 0 Å². The molecule has 1 saturated heterocycles. The fraction of sp³-hybridized carbons (Fsp3) is 0.571. The monoisotopic (exact) mass is 234 g/mol. The number of morpholine rings is 1. The lowest BCUT2D eigenvalue weighted by molar-refractivity contribution is -0.0789. The summed E-state index contributed by atoms with van der Waals surface area (Å²) in [5.74, 6) is 0. The summed E-state index contributed by atoms with van der Waals surface area (Å²) < 4.78 is 5.81. The minimum Gasteiger partial charge on any atom is -0.374 e. The van der Waals surface area contributed by atoms with Gasteiger partial charge in [0.25, 0.3) is 0 Å². The van der Waals surface area contributed by atoms with E-state index in [2.05, 4.69) is 43.0 Å². The Morgan fingerprint density at radius 1 is 1.35 bits per heavy atom. The highest BCUT2D eigenvalue weighted by molar-refractivity contribution is 5.21. The molecule has 1 aliphatic heterocycles. The third-order valence-corrected chi connectivity index (χ3v) is 3.43. The van der Waals surface area contributed by atoms with Gasteiger partial charge in [0.1, 0.15) is 0 Å². The molecule has 1 aromatic rings. The Balaban J connectivity index is 2.28.